The number of para-hydroxylation sites is 1. The zero-order chi connectivity index (χ0) is 15.2. The summed E-state index contributed by atoms with van der Waals surface area (Å²) in [5.41, 5.74) is 2.20. The van der Waals surface area contributed by atoms with E-state index < -0.39 is 12.7 Å². The van der Waals surface area contributed by atoms with Crippen molar-refractivity contribution in [3.8, 4) is 11.8 Å². The van der Waals surface area contributed by atoms with Crippen LogP contribution in [0.15, 0.2) is 48.5 Å². The summed E-state index contributed by atoms with van der Waals surface area (Å²) in [5, 5.41) is 12.3. The first-order valence-corrected chi connectivity index (χ1v) is 6.36. The lowest BCUT2D eigenvalue weighted by Crippen LogP contribution is -2.12. The number of aryl methyl sites for hydroxylation is 1. The van der Waals surface area contributed by atoms with Crippen LogP contribution in [0.1, 0.15) is 17.2 Å². The van der Waals surface area contributed by atoms with Crippen LogP contribution in [0.2, 0.25) is 0 Å². The molecule has 0 saturated heterocycles. The van der Waals surface area contributed by atoms with E-state index in [1.807, 2.05) is 31.2 Å². The van der Waals surface area contributed by atoms with E-state index in [2.05, 4.69) is 16.1 Å². The molecule has 0 aliphatic heterocycles. The van der Waals surface area contributed by atoms with Crippen molar-refractivity contribution in [3.05, 3.63) is 59.7 Å². The molecule has 0 saturated carbocycles. The van der Waals surface area contributed by atoms with Crippen LogP contribution in [0.4, 0.5) is 14.5 Å². The summed E-state index contributed by atoms with van der Waals surface area (Å²) in [6, 6.07) is 15.0. The number of nitriles is 1. The molecule has 1 N–H and O–H groups in total. The Bertz CT molecular complexity index is 635. The largest absolute Gasteiger partial charge is 0.434 e. The third-order valence-electron chi connectivity index (χ3n) is 2.94. The Morgan fingerprint density at radius 3 is 2.38 bits per heavy atom. The molecule has 0 radical (unpaired) electrons. The molecule has 0 aromatic heterocycles. The summed E-state index contributed by atoms with van der Waals surface area (Å²) in [4.78, 5) is 0. The third-order valence-corrected chi connectivity index (χ3v) is 2.94. The topological polar surface area (TPSA) is 45.0 Å². The van der Waals surface area contributed by atoms with Gasteiger partial charge in [-0.1, -0.05) is 35.9 Å². The van der Waals surface area contributed by atoms with Crippen molar-refractivity contribution in [1.82, 2.24) is 0 Å². The average Bonchev–Trinajstić information content (AvgIpc) is 2.47. The fourth-order valence-corrected chi connectivity index (χ4v) is 1.92. The molecule has 2 aromatic carbocycles. The Labute approximate surface area is 121 Å². The third kappa shape index (κ3) is 3.93. The van der Waals surface area contributed by atoms with Gasteiger partial charge in [0.05, 0.1) is 6.07 Å². The highest BCUT2D eigenvalue weighted by atomic mass is 19.3. The van der Waals surface area contributed by atoms with Crippen molar-refractivity contribution in [3.63, 3.8) is 0 Å². The SMILES string of the molecule is Cc1ccc(NC(C#N)c2ccccc2OC(F)F)cc1. The van der Waals surface area contributed by atoms with Gasteiger partial charge in [-0.05, 0) is 25.1 Å². The molecule has 0 heterocycles. The van der Waals surface area contributed by atoms with Crippen LogP contribution in [-0.4, -0.2) is 6.61 Å². The van der Waals surface area contributed by atoms with Gasteiger partial charge in [0.25, 0.3) is 0 Å². The molecule has 2 rings (SSSR count). The van der Waals surface area contributed by atoms with Gasteiger partial charge in [-0.2, -0.15) is 14.0 Å². The molecular formula is C16H14F2N2O. The van der Waals surface area contributed by atoms with Crippen LogP contribution in [0.25, 0.3) is 0 Å². The van der Waals surface area contributed by atoms with Crippen molar-refractivity contribution in [2.75, 3.05) is 5.32 Å². The van der Waals surface area contributed by atoms with Crippen LogP contribution in [0.3, 0.4) is 0 Å². The number of hydrogen-bond donors (Lipinski definition) is 1. The first-order chi connectivity index (χ1) is 10.1. The van der Waals surface area contributed by atoms with Gasteiger partial charge >= 0.3 is 6.61 Å². The second kappa shape index (κ2) is 6.71. The van der Waals surface area contributed by atoms with Crippen LogP contribution >= 0.6 is 0 Å². The van der Waals surface area contributed by atoms with Gasteiger partial charge in [0.15, 0.2) is 0 Å². The van der Waals surface area contributed by atoms with Crippen LogP contribution in [-0.2, 0) is 0 Å². The highest BCUT2D eigenvalue weighted by Crippen LogP contribution is 2.28. The lowest BCUT2D eigenvalue weighted by molar-refractivity contribution is -0.0504. The van der Waals surface area contributed by atoms with Crippen molar-refractivity contribution in [2.24, 2.45) is 0 Å². The molecule has 2 aromatic rings. The van der Waals surface area contributed by atoms with E-state index in [0.29, 0.717) is 5.56 Å². The number of benzene rings is 2. The smallest absolute Gasteiger partial charge is 0.387 e. The highest BCUT2D eigenvalue weighted by Gasteiger charge is 2.17. The van der Waals surface area contributed by atoms with E-state index in [1.54, 1.807) is 18.2 Å². The van der Waals surface area contributed by atoms with E-state index in [-0.39, 0.29) is 5.75 Å². The molecule has 3 nitrogen and oxygen atoms in total. The van der Waals surface area contributed by atoms with E-state index in [4.69, 9.17) is 0 Å². The molecule has 0 aliphatic rings. The minimum absolute atomic E-state index is 0.00124. The van der Waals surface area contributed by atoms with Crippen LogP contribution < -0.4 is 10.1 Å². The number of hydrogen-bond acceptors (Lipinski definition) is 3. The van der Waals surface area contributed by atoms with Gasteiger partial charge in [0.2, 0.25) is 0 Å². The van der Waals surface area contributed by atoms with Crippen LogP contribution in [0, 0.1) is 18.3 Å². The molecule has 0 aliphatic carbocycles. The number of halogens is 2. The fourth-order valence-electron chi connectivity index (χ4n) is 1.92. The molecule has 21 heavy (non-hydrogen) atoms. The summed E-state index contributed by atoms with van der Waals surface area (Å²) < 4.78 is 29.3. The first kappa shape index (κ1) is 14.8. The second-order valence-electron chi connectivity index (χ2n) is 4.49. The molecule has 0 fully saturated rings. The second-order valence-corrected chi connectivity index (χ2v) is 4.49. The maximum Gasteiger partial charge on any atom is 0.387 e. The van der Waals surface area contributed by atoms with Gasteiger partial charge in [-0.15, -0.1) is 0 Å². The fraction of sp³-hybridized carbons (Fsp3) is 0.188. The Hall–Kier alpha value is -2.61. The monoisotopic (exact) mass is 288 g/mol. The normalized spacial score (nSPS) is 11.8. The maximum absolute atomic E-state index is 12.4. The summed E-state index contributed by atoms with van der Waals surface area (Å²) in [6.07, 6.45) is 0. The number of rotatable bonds is 5. The quantitative estimate of drug-likeness (QED) is 0.893. The summed E-state index contributed by atoms with van der Waals surface area (Å²) >= 11 is 0. The molecule has 1 atom stereocenters. The minimum atomic E-state index is -2.93. The number of anilines is 1. The number of ether oxygens (including phenoxy) is 1. The lowest BCUT2D eigenvalue weighted by atomic mass is 10.1. The molecule has 0 amide bonds. The minimum Gasteiger partial charge on any atom is -0.434 e. The van der Waals surface area contributed by atoms with Crippen LogP contribution in [0.5, 0.6) is 5.75 Å². The zero-order valence-electron chi connectivity index (χ0n) is 11.4. The molecule has 1 unspecified atom stereocenters. The number of nitrogens with zero attached hydrogens (tertiary/aromatic N) is 1. The Morgan fingerprint density at radius 2 is 1.76 bits per heavy atom. The zero-order valence-corrected chi connectivity index (χ0v) is 11.4. The highest BCUT2D eigenvalue weighted by molar-refractivity contribution is 5.50. The molecule has 108 valence electrons. The van der Waals surface area contributed by atoms with E-state index in [0.717, 1.165) is 11.3 Å². The Balaban J connectivity index is 2.25. The van der Waals surface area contributed by atoms with Crippen molar-refractivity contribution in [1.29, 1.82) is 5.26 Å². The predicted octanol–water partition coefficient (Wildman–Crippen LogP) is 4.27. The molecule has 5 heteroatoms. The first-order valence-electron chi connectivity index (χ1n) is 6.36. The number of alkyl halides is 2. The Morgan fingerprint density at radius 1 is 1.10 bits per heavy atom. The van der Waals surface area contributed by atoms with Crippen molar-refractivity contribution < 1.29 is 13.5 Å². The molecule has 0 bridgehead atoms. The van der Waals surface area contributed by atoms with Gasteiger partial charge in [-0.3, -0.25) is 0 Å². The average molecular weight is 288 g/mol. The summed E-state index contributed by atoms with van der Waals surface area (Å²) in [5.74, 6) is -0.00124. The molecule has 0 spiro atoms. The maximum atomic E-state index is 12.4. The Kier molecular flexibility index (Phi) is 4.72. The van der Waals surface area contributed by atoms with Gasteiger partial charge in [0.1, 0.15) is 11.8 Å². The van der Waals surface area contributed by atoms with Gasteiger partial charge in [0, 0.05) is 11.3 Å². The van der Waals surface area contributed by atoms with Crippen molar-refractivity contribution >= 4 is 5.69 Å². The predicted molar refractivity (Wildman–Crippen MR) is 76.2 cm³/mol. The van der Waals surface area contributed by atoms with E-state index in [9.17, 15) is 14.0 Å². The number of nitrogens with one attached hydrogen (secondary N) is 1. The van der Waals surface area contributed by atoms with E-state index >= 15 is 0 Å². The lowest BCUT2D eigenvalue weighted by Gasteiger charge is -2.17. The summed E-state index contributed by atoms with van der Waals surface area (Å²) in [7, 11) is 0. The standard InChI is InChI=1S/C16H14F2N2O/c1-11-6-8-12(9-7-11)20-14(10-19)13-4-2-3-5-15(13)21-16(17)18/h2-9,14,16,20H,1H3. The van der Waals surface area contributed by atoms with E-state index in [1.165, 1.54) is 6.07 Å². The summed E-state index contributed by atoms with van der Waals surface area (Å²) in [6.45, 7) is -0.970. The van der Waals surface area contributed by atoms with Gasteiger partial charge < -0.3 is 10.1 Å². The van der Waals surface area contributed by atoms with Crippen molar-refractivity contribution in [2.45, 2.75) is 19.6 Å². The molecular weight excluding hydrogens is 274 g/mol. The van der Waals surface area contributed by atoms with Gasteiger partial charge in [-0.25, -0.2) is 0 Å².